The molecule has 1 heterocycles. The number of carbonyl (C=O) groups excluding carboxylic acids is 1. The number of hydrogen-bond donors (Lipinski definition) is 2. The molecule has 35 heavy (non-hydrogen) atoms. The molecule has 0 fully saturated rings. The lowest BCUT2D eigenvalue weighted by atomic mass is 10.1. The van der Waals surface area contributed by atoms with E-state index in [4.69, 9.17) is 11.6 Å². The van der Waals surface area contributed by atoms with Gasteiger partial charge in [0, 0.05) is 21.4 Å². The van der Waals surface area contributed by atoms with Crippen LogP contribution in [0, 0.1) is 13.8 Å². The van der Waals surface area contributed by atoms with Crippen molar-refractivity contribution < 1.29 is 4.79 Å². The van der Waals surface area contributed by atoms with Crippen LogP contribution in [-0.4, -0.2) is 27.1 Å². The van der Waals surface area contributed by atoms with Crippen molar-refractivity contribution in [3.8, 4) is 5.69 Å². The number of halogens is 1. The maximum atomic E-state index is 12.6. The first-order valence-corrected chi connectivity index (χ1v) is 13.6. The summed E-state index contributed by atoms with van der Waals surface area (Å²) in [4.78, 5) is 13.7. The van der Waals surface area contributed by atoms with Crippen LogP contribution in [0.5, 0.6) is 0 Å². The molecule has 3 aromatic carbocycles. The second kappa shape index (κ2) is 11.7. The number of rotatable bonds is 8. The monoisotopic (exact) mass is 523 g/mol. The van der Waals surface area contributed by atoms with Gasteiger partial charge in [0.05, 0.1) is 12.2 Å². The lowest BCUT2D eigenvalue weighted by Crippen LogP contribution is -2.29. The van der Waals surface area contributed by atoms with Crippen LogP contribution in [0.15, 0.2) is 76.8 Å². The first-order valence-electron chi connectivity index (χ1n) is 11.0. The summed E-state index contributed by atoms with van der Waals surface area (Å²) in [7, 11) is 0. The van der Waals surface area contributed by atoms with E-state index in [0.29, 0.717) is 10.8 Å². The van der Waals surface area contributed by atoms with Gasteiger partial charge in [0.2, 0.25) is 0 Å². The fourth-order valence-corrected chi connectivity index (χ4v) is 5.11. The Morgan fingerprint density at radius 3 is 2.51 bits per heavy atom. The van der Waals surface area contributed by atoms with E-state index in [1.165, 1.54) is 11.1 Å². The Balaban J connectivity index is 1.54. The van der Waals surface area contributed by atoms with Gasteiger partial charge < -0.3 is 10.6 Å². The molecule has 2 amide bonds. The second-order valence-electron chi connectivity index (χ2n) is 7.92. The van der Waals surface area contributed by atoms with Crippen LogP contribution < -0.4 is 10.6 Å². The van der Waals surface area contributed by atoms with Crippen LogP contribution in [0.25, 0.3) is 5.69 Å². The molecule has 0 aliphatic rings. The second-order valence-corrected chi connectivity index (χ2v) is 10.2. The highest BCUT2D eigenvalue weighted by Gasteiger charge is 2.18. The molecule has 9 heteroatoms. The zero-order valence-electron chi connectivity index (χ0n) is 19.7. The molecule has 0 saturated carbocycles. The number of aryl methyl sites for hydroxylation is 2. The fraction of sp³-hybridized carbons (Fsp3) is 0.192. The molecule has 0 atom stereocenters. The van der Waals surface area contributed by atoms with E-state index >= 15 is 0 Å². The number of aromatic nitrogens is 3. The van der Waals surface area contributed by atoms with Gasteiger partial charge >= 0.3 is 6.03 Å². The normalized spacial score (nSPS) is 10.9. The number of hydrogen-bond acceptors (Lipinski definition) is 5. The van der Waals surface area contributed by atoms with Crippen molar-refractivity contribution in [2.75, 3.05) is 11.6 Å². The summed E-state index contributed by atoms with van der Waals surface area (Å²) in [6.45, 7) is 4.33. The number of carbonyl (C=O) groups is 1. The molecule has 0 radical (unpaired) electrons. The van der Waals surface area contributed by atoms with Gasteiger partial charge in [-0.25, -0.2) is 4.79 Å². The highest BCUT2D eigenvalue weighted by molar-refractivity contribution is 7.98. The molecule has 4 rings (SSSR count). The summed E-state index contributed by atoms with van der Waals surface area (Å²) in [5, 5.41) is 16.0. The highest BCUT2D eigenvalue weighted by atomic mass is 35.5. The number of benzene rings is 3. The van der Waals surface area contributed by atoms with Crippen molar-refractivity contribution in [1.82, 2.24) is 20.1 Å². The molecule has 0 spiro atoms. The van der Waals surface area contributed by atoms with Gasteiger partial charge in [0.1, 0.15) is 0 Å². The van der Waals surface area contributed by atoms with E-state index in [9.17, 15) is 4.79 Å². The van der Waals surface area contributed by atoms with Gasteiger partial charge in [-0.1, -0.05) is 53.7 Å². The molecule has 0 aliphatic heterocycles. The Morgan fingerprint density at radius 2 is 1.77 bits per heavy atom. The summed E-state index contributed by atoms with van der Waals surface area (Å²) >= 11 is 9.58. The van der Waals surface area contributed by atoms with Gasteiger partial charge in [-0.2, -0.15) is 0 Å². The Hall–Kier alpha value is -2.94. The van der Waals surface area contributed by atoms with Crippen LogP contribution in [0.1, 0.15) is 22.5 Å². The molecule has 0 saturated heterocycles. The highest BCUT2D eigenvalue weighted by Crippen LogP contribution is 2.29. The molecular weight excluding hydrogens is 498 g/mol. The van der Waals surface area contributed by atoms with Gasteiger partial charge in [-0.05, 0) is 73.2 Å². The van der Waals surface area contributed by atoms with Crippen molar-refractivity contribution in [2.45, 2.75) is 36.2 Å². The van der Waals surface area contributed by atoms with Gasteiger partial charge in [-0.3, -0.25) is 4.57 Å². The Labute approximate surface area is 218 Å². The Bertz CT molecular complexity index is 1320. The minimum Gasteiger partial charge on any atom is -0.331 e. The van der Waals surface area contributed by atoms with Crippen molar-refractivity contribution in [3.05, 3.63) is 94.3 Å². The molecule has 2 N–H and O–H groups in total. The van der Waals surface area contributed by atoms with Crippen LogP contribution in [0.4, 0.5) is 10.5 Å². The fourth-order valence-electron chi connectivity index (χ4n) is 3.50. The lowest BCUT2D eigenvalue weighted by Gasteiger charge is -2.14. The topological polar surface area (TPSA) is 71.8 Å². The maximum absolute atomic E-state index is 12.6. The van der Waals surface area contributed by atoms with E-state index in [2.05, 4.69) is 39.9 Å². The summed E-state index contributed by atoms with van der Waals surface area (Å²) in [5.41, 5.74) is 5.11. The molecular formula is C26H26ClN5OS2. The summed E-state index contributed by atoms with van der Waals surface area (Å²) in [5.74, 6) is 1.38. The maximum Gasteiger partial charge on any atom is 0.319 e. The van der Waals surface area contributed by atoms with Gasteiger partial charge in [-0.15, -0.1) is 22.0 Å². The molecule has 0 unspecified atom stereocenters. The van der Waals surface area contributed by atoms with Crippen LogP contribution in [0.2, 0.25) is 5.02 Å². The average molecular weight is 524 g/mol. The Kier molecular flexibility index (Phi) is 8.38. The number of urea groups is 1. The largest absolute Gasteiger partial charge is 0.331 e. The average Bonchev–Trinajstić information content (AvgIpc) is 3.26. The molecule has 4 aromatic rings. The number of nitrogens with zero attached hydrogens (tertiary/aromatic N) is 3. The minimum absolute atomic E-state index is 0.207. The molecule has 6 nitrogen and oxygen atoms in total. The van der Waals surface area contributed by atoms with Gasteiger partial charge in [0.25, 0.3) is 0 Å². The van der Waals surface area contributed by atoms with E-state index in [-0.39, 0.29) is 12.6 Å². The molecule has 180 valence electrons. The molecule has 1 aromatic heterocycles. The van der Waals surface area contributed by atoms with E-state index in [1.807, 2.05) is 72.3 Å². The Morgan fingerprint density at radius 1 is 1.00 bits per heavy atom. The lowest BCUT2D eigenvalue weighted by molar-refractivity contribution is 0.251. The molecule has 0 aliphatic carbocycles. The predicted octanol–water partition coefficient (Wildman–Crippen LogP) is 6.87. The quantitative estimate of drug-likeness (QED) is 0.246. The third-order valence-corrected chi connectivity index (χ3v) is 7.44. The van der Waals surface area contributed by atoms with Crippen LogP contribution >= 0.6 is 35.1 Å². The molecule has 0 bridgehead atoms. The predicted molar refractivity (Wildman–Crippen MR) is 146 cm³/mol. The van der Waals surface area contributed by atoms with Crippen molar-refractivity contribution in [3.63, 3.8) is 0 Å². The third-order valence-electron chi connectivity index (χ3n) is 5.49. The summed E-state index contributed by atoms with van der Waals surface area (Å²) in [6.07, 6.45) is 2.01. The zero-order valence-corrected chi connectivity index (χ0v) is 22.1. The summed E-state index contributed by atoms with van der Waals surface area (Å²) in [6, 6.07) is 21.4. The van der Waals surface area contributed by atoms with Crippen LogP contribution in [0.3, 0.4) is 0 Å². The SMILES string of the molecule is CSc1ccc(NC(=O)NCc2nnc(SCc3ccccc3C)n2-c2cc(Cl)ccc2C)cc1. The van der Waals surface area contributed by atoms with Crippen molar-refractivity contribution in [2.24, 2.45) is 0 Å². The summed E-state index contributed by atoms with van der Waals surface area (Å²) < 4.78 is 1.97. The first-order chi connectivity index (χ1) is 16.9. The first kappa shape index (κ1) is 25.2. The standard InChI is InChI=1S/C26H26ClN5OS2/c1-17-6-4-5-7-19(17)16-35-26-31-30-24(32(26)23-14-20(27)9-8-18(23)2)15-28-25(33)29-21-10-12-22(34-3)13-11-21/h4-14H,15-16H2,1-3H3,(H2,28,29,33). The minimum atomic E-state index is -0.312. The number of anilines is 1. The van der Waals surface area contributed by atoms with E-state index < -0.39 is 0 Å². The van der Waals surface area contributed by atoms with Crippen molar-refractivity contribution in [1.29, 1.82) is 0 Å². The number of nitrogens with one attached hydrogen (secondary N) is 2. The van der Waals surface area contributed by atoms with E-state index in [0.717, 1.165) is 32.7 Å². The van der Waals surface area contributed by atoms with Crippen LogP contribution in [-0.2, 0) is 12.3 Å². The van der Waals surface area contributed by atoms with E-state index in [1.54, 1.807) is 23.5 Å². The number of thioether (sulfide) groups is 2. The smallest absolute Gasteiger partial charge is 0.319 e. The van der Waals surface area contributed by atoms with Crippen molar-refractivity contribution >= 4 is 46.8 Å². The zero-order chi connectivity index (χ0) is 24.8. The van der Waals surface area contributed by atoms with Gasteiger partial charge in [0.15, 0.2) is 11.0 Å². The third kappa shape index (κ3) is 6.39. The number of amides is 2.